The van der Waals surface area contributed by atoms with Gasteiger partial charge in [0.05, 0.1) is 6.54 Å². The Bertz CT molecular complexity index is 427. The van der Waals surface area contributed by atoms with Gasteiger partial charge in [-0.2, -0.15) is 0 Å². The molecule has 0 spiro atoms. The van der Waals surface area contributed by atoms with Crippen LogP contribution in [0.3, 0.4) is 0 Å². The number of benzene rings is 1. The smallest absolute Gasteiger partial charge is 0.265 e. The number of para-hydroxylation sites is 1. The van der Waals surface area contributed by atoms with Crippen LogP contribution in [0.4, 0.5) is 14.5 Å². The fraction of sp³-hybridized carbons (Fsp3) is 0.600. The minimum atomic E-state index is -2.55. The van der Waals surface area contributed by atoms with Crippen LogP contribution in [-0.2, 0) is 0 Å². The lowest BCUT2D eigenvalue weighted by Gasteiger charge is -2.36. The van der Waals surface area contributed by atoms with Crippen LogP contribution in [0.2, 0.25) is 0 Å². The Morgan fingerprint density at radius 2 is 2.00 bits per heavy atom. The molecule has 1 heterocycles. The number of nitrogens with zero attached hydrogens (tertiary/aromatic N) is 1. The first-order valence-electron chi connectivity index (χ1n) is 6.63. The van der Waals surface area contributed by atoms with E-state index in [0.29, 0.717) is 12.3 Å². The standard InChI is InChI=1S/C15H21F2N/c1-11(2)13-7-4-6-12(3)14(13)18-9-5-8-15(16,17)10-18/h4,6-7,11H,5,8-10H2,1-3H3. The summed E-state index contributed by atoms with van der Waals surface area (Å²) in [4.78, 5) is 1.87. The molecule has 1 nitrogen and oxygen atoms in total. The average Bonchev–Trinajstić information content (AvgIpc) is 2.27. The van der Waals surface area contributed by atoms with Crippen LogP contribution in [-0.4, -0.2) is 19.0 Å². The molecular formula is C15H21F2N. The van der Waals surface area contributed by atoms with E-state index in [1.807, 2.05) is 24.0 Å². The number of aryl methyl sites for hydroxylation is 1. The molecule has 1 fully saturated rings. The number of anilines is 1. The molecule has 0 unspecified atom stereocenters. The molecular weight excluding hydrogens is 232 g/mol. The lowest BCUT2D eigenvalue weighted by Crippen LogP contribution is -2.43. The van der Waals surface area contributed by atoms with Crippen molar-refractivity contribution >= 4 is 5.69 Å². The van der Waals surface area contributed by atoms with Crippen LogP contribution in [0.1, 0.15) is 43.7 Å². The summed E-state index contributed by atoms with van der Waals surface area (Å²) < 4.78 is 27.1. The lowest BCUT2D eigenvalue weighted by molar-refractivity contribution is -0.0117. The maximum atomic E-state index is 13.6. The highest BCUT2D eigenvalue weighted by atomic mass is 19.3. The van der Waals surface area contributed by atoms with Gasteiger partial charge in [-0.05, 0) is 30.4 Å². The molecule has 0 aromatic heterocycles. The van der Waals surface area contributed by atoms with Crippen LogP contribution < -0.4 is 4.90 Å². The summed E-state index contributed by atoms with van der Waals surface area (Å²) in [6.45, 7) is 6.83. The highest BCUT2D eigenvalue weighted by molar-refractivity contribution is 5.61. The van der Waals surface area contributed by atoms with Gasteiger partial charge in [0.25, 0.3) is 5.92 Å². The molecule has 1 aliphatic rings. The molecule has 1 aromatic carbocycles. The summed E-state index contributed by atoms with van der Waals surface area (Å²) >= 11 is 0. The molecule has 0 N–H and O–H groups in total. The Kier molecular flexibility index (Phi) is 3.60. The van der Waals surface area contributed by atoms with Gasteiger partial charge >= 0.3 is 0 Å². The minimum absolute atomic E-state index is 0.0202. The fourth-order valence-corrected chi connectivity index (χ4v) is 2.74. The quantitative estimate of drug-likeness (QED) is 0.757. The van der Waals surface area contributed by atoms with E-state index in [1.165, 1.54) is 5.56 Å². The molecule has 0 atom stereocenters. The van der Waals surface area contributed by atoms with Crippen molar-refractivity contribution in [3.8, 4) is 0 Å². The second kappa shape index (κ2) is 4.87. The molecule has 100 valence electrons. The number of hydrogen-bond acceptors (Lipinski definition) is 1. The van der Waals surface area contributed by atoms with Crippen molar-refractivity contribution in [2.24, 2.45) is 0 Å². The fourth-order valence-electron chi connectivity index (χ4n) is 2.74. The molecule has 3 heteroatoms. The maximum Gasteiger partial charge on any atom is 0.265 e. The molecule has 1 saturated heterocycles. The highest BCUT2D eigenvalue weighted by Crippen LogP contribution is 2.36. The molecule has 2 rings (SSSR count). The van der Waals surface area contributed by atoms with Gasteiger partial charge in [0.15, 0.2) is 0 Å². The first kappa shape index (κ1) is 13.3. The normalized spacial score (nSPS) is 19.3. The lowest BCUT2D eigenvalue weighted by atomic mass is 9.95. The summed E-state index contributed by atoms with van der Waals surface area (Å²) in [5.41, 5.74) is 3.29. The van der Waals surface area contributed by atoms with Crippen molar-refractivity contribution in [2.45, 2.75) is 45.5 Å². The second-order valence-corrected chi connectivity index (χ2v) is 5.55. The van der Waals surface area contributed by atoms with E-state index in [1.54, 1.807) is 0 Å². The van der Waals surface area contributed by atoms with Crippen molar-refractivity contribution in [1.82, 2.24) is 0 Å². The molecule has 0 saturated carbocycles. The average molecular weight is 253 g/mol. The topological polar surface area (TPSA) is 3.24 Å². The highest BCUT2D eigenvalue weighted by Gasteiger charge is 2.36. The van der Waals surface area contributed by atoms with E-state index < -0.39 is 5.92 Å². The van der Waals surface area contributed by atoms with E-state index >= 15 is 0 Å². The van der Waals surface area contributed by atoms with E-state index in [9.17, 15) is 8.78 Å². The Balaban J connectivity index is 2.38. The maximum absolute atomic E-state index is 13.6. The summed E-state index contributed by atoms with van der Waals surface area (Å²) in [6.07, 6.45) is 0.589. The Morgan fingerprint density at radius 3 is 2.61 bits per heavy atom. The summed E-state index contributed by atoms with van der Waals surface area (Å²) in [5, 5.41) is 0. The van der Waals surface area contributed by atoms with Gasteiger partial charge in [0.1, 0.15) is 0 Å². The zero-order valence-electron chi connectivity index (χ0n) is 11.3. The second-order valence-electron chi connectivity index (χ2n) is 5.55. The van der Waals surface area contributed by atoms with E-state index in [2.05, 4.69) is 19.9 Å². The Hall–Kier alpha value is -1.12. The van der Waals surface area contributed by atoms with Crippen molar-refractivity contribution in [1.29, 1.82) is 0 Å². The number of halogens is 2. The third-order valence-electron chi connectivity index (χ3n) is 3.60. The molecule has 0 bridgehead atoms. The molecule has 18 heavy (non-hydrogen) atoms. The zero-order chi connectivity index (χ0) is 13.3. The SMILES string of the molecule is Cc1cccc(C(C)C)c1N1CCCC(F)(F)C1. The number of piperidine rings is 1. The minimum Gasteiger partial charge on any atom is -0.365 e. The van der Waals surface area contributed by atoms with Gasteiger partial charge in [-0.1, -0.05) is 32.0 Å². The predicted octanol–water partition coefficient (Wildman–Crippen LogP) is 4.35. The van der Waals surface area contributed by atoms with Crippen LogP contribution in [0.5, 0.6) is 0 Å². The Morgan fingerprint density at radius 1 is 1.28 bits per heavy atom. The molecule has 0 amide bonds. The van der Waals surface area contributed by atoms with Crippen LogP contribution >= 0.6 is 0 Å². The largest absolute Gasteiger partial charge is 0.365 e. The van der Waals surface area contributed by atoms with Crippen molar-refractivity contribution < 1.29 is 8.78 Å². The van der Waals surface area contributed by atoms with Crippen LogP contribution in [0.25, 0.3) is 0 Å². The predicted molar refractivity (Wildman–Crippen MR) is 71.7 cm³/mol. The molecule has 0 aliphatic carbocycles. The van der Waals surface area contributed by atoms with Gasteiger partial charge in [-0.15, -0.1) is 0 Å². The third kappa shape index (κ3) is 2.65. The summed E-state index contributed by atoms with van der Waals surface area (Å²) in [7, 11) is 0. The first-order valence-corrected chi connectivity index (χ1v) is 6.63. The molecule has 1 aromatic rings. The van der Waals surface area contributed by atoms with Crippen LogP contribution in [0.15, 0.2) is 18.2 Å². The van der Waals surface area contributed by atoms with Gasteiger partial charge in [0.2, 0.25) is 0 Å². The van der Waals surface area contributed by atoms with Gasteiger partial charge in [-0.25, -0.2) is 8.78 Å². The monoisotopic (exact) mass is 253 g/mol. The third-order valence-corrected chi connectivity index (χ3v) is 3.60. The molecule has 0 radical (unpaired) electrons. The number of rotatable bonds is 2. The van der Waals surface area contributed by atoms with Gasteiger partial charge < -0.3 is 4.90 Å². The van der Waals surface area contributed by atoms with Crippen LogP contribution in [0, 0.1) is 6.92 Å². The van der Waals surface area contributed by atoms with Crippen molar-refractivity contribution in [3.63, 3.8) is 0 Å². The van der Waals surface area contributed by atoms with Gasteiger partial charge in [0, 0.05) is 18.7 Å². The zero-order valence-corrected chi connectivity index (χ0v) is 11.3. The number of alkyl halides is 2. The van der Waals surface area contributed by atoms with Crippen molar-refractivity contribution in [2.75, 3.05) is 18.0 Å². The van der Waals surface area contributed by atoms with E-state index in [-0.39, 0.29) is 13.0 Å². The van der Waals surface area contributed by atoms with E-state index in [0.717, 1.165) is 17.8 Å². The summed E-state index contributed by atoms with van der Waals surface area (Å²) in [6, 6.07) is 6.07. The van der Waals surface area contributed by atoms with Crippen molar-refractivity contribution in [3.05, 3.63) is 29.3 Å². The molecule has 1 aliphatic heterocycles. The Labute approximate surface area is 108 Å². The van der Waals surface area contributed by atoms with E-state index in [4.69, 9.17) is 0 Å². The summed E-state index contributed by atoms with van der Waals surface area (Å²) in [5.74, 6) is -2.19. The number of hydrogen-bond donors (Lipinski definition) is 0. The first-order chi connectivity index (χ1) is 8.41. The van der Waals surface area contributed by atoms with Gasteiger partial charge in [-0.3, -0.25) is 0 Å².